The number of benzene rings is 2. The molecule has 1 aromatic heterocycles. The first-order valence-electron chi connectivity index (χ1n) is 5.84. The molecule has 0 bridgehead atoms. The summed E-state index contributed by atoms with van der Waals surface area (Å²) in [6.07, 6.45) is 0. The minimum Gasteiger partial charge on any atom is -0.431 e. The van der Waals surface area contributed by atoms with E-state index in [0.29, 0.717) is 38.3 Å². The molecule has 0 aliphatic heterocycles. The maximum atomic E-state index is 13.6. The zero-order valence-corrected chi connectivity index (χ0v) is 11.8. The van der Waals surface area contributed by atoms with E-state index >= 15 is 0 Å². The Morgan fingerprint density at radius 2 is 2.10 bits per heavy atom. The van der Waals surface area contributed by atoms with Gasteiger partial charge in [0, 0.05) is 16.5 Å². The SMILES string of the molecule is Nc1ccc2oc(SCc3ccc(Cl)cc3F)nc2c1. The second-order valence-corrected chi connectivity index (χ2v) is 5.59. The Morgan fingerprint density at radius 1 is 1.25 bits per heavy atom. The zero-order chi connectivity index (χ0) is 14.1. The lowest BCUT2D eigenvalue weighted by atomic mass is 10.2. The zero-order valence-electron chi connectivity index (χ0n) is 10.3. The van der Waals surface area contributed by atoms with Crippen LogP contribution in [-0.4, -0.2) is 4.98 Å². The Kier molecular flexibility index (Phi) is 3.54. The highest BCUT2D eigenvalue weighted by Gasteiger charge is 2.09. The number of oxazole rings is 1. The standard InChI is InChI=1S/C14H10ClFN2OS/c15-9-2-1-8(11(16)5-9)7-20-14-18-12-6-10(17)3-4-13(12)19-14/h1-6H,7,17H2. The van der Waals surface area contributed by atoms with Gasteiger partial charge in [0.15, 0.2) is 5.58 Å². The number of aromatic nitrogens is 1. The van der Waals surface area contributed by atoms with Crippen LogP contribution in [0.4, 0.5) is 10.1 Å². The first kappa shape index (κ1) is 13.3. The fourth-order valence-corrected chi connectivity index (χ4v) is 2.75. The molecular formula is C14H10ClFN2OS. The third-order valence-corrected chi connectivity index (χ3v) is 3.87. The van der Waals surface area contributed by atoms with Gasteiger partial charge in [-0.1, -0.05) is 29.4 Å². The van der Waals surface area contributed by atoms with Gasteiger partial charge in [-0.15, -0.1) is 0 Å². The maximum Gasteiger partial charge on any atom is 0.257 e. The first-order chi connectivity index (χ1) is 9.61. The topological polar surface area (TPSA) is 52.0 Å². The van der Waals surface area contributed by atoms with Crippen LogP contribution in [0.3, 0.4) is 0 Å². The van der Waals surface area contributed by atoms with Crippen LogP contribution in [0.25, 0.3) is 11.1 Å². The lowest BCUT2D eigenvalue weighted by molar-refractivity contribution is 0.489. The average molecular weight is 309 g/mol. The summed E-state index contributed by atoms with van der Waals surface area (Å²) in [5, 5.41) is 0.869. The maximum absolute atomic E-state index is 13.6. The molecule has 2 N–H and O–H groups in total. The first-order valence-corrected chi connectivity index (χ1v) is 7.21. The van der Waals surface area contributed by atoms with E-state index in [2.05, 4.69) is 4.98 Å². The number of nitrogen functional groups attached to an aromatic ring is 1. The summed E-state index contributed by atoms with van der Waals surface area (Å²) in [6, 6.07) is 9.88. The molecule has 0 unspecified atom stereocenters. The van der Waals surface area contributed by atoms with Crippen molar-refractivity contribution in [2.45, 2.75) is 11.0 Å². The van der Waals surface area contributed by atoms with Gasteiger partial charge >= 0.3 is 0 Å². The molecule has 0 aliphatic carbocycles. The van der Waals surface area contributed by atoms with E-state index in [-0.39, 0.29) is 5.82 Å². The summed E-state index contributed by atoms with van der Waals surface area (Å²) in [5.41, 5.74) is 8.23. The highest BCUT2D eigenvalue weighted by Crippen LogP contribution is 2.28. The molecule has 3 rings (SSSR count). The largest absolute Gasteiger partial charge is 0.431 e. The number of anilines is 1. The van der Waals surface area contributed by atoms with Crippen LogP contribution in [0.1, 0.15) is 5.56 Å². The van der Waals surface area contributed by atoms with Gasteiger partial charge in [0.05, 0.1) is 0 Å². The van der Waals surface area contributed by atoms with E-state index in [1.807, 2.05) is 0 Å². The second-order valence-electron chi connectivity index (χ2n) is 4.23. The minimum absolute atomic E-state index is 0.328. The molecule has 0 fully saturated rings. The average Bonchev–Trinajstić information content (AvgIpc) is 2.79. The normalized spacial score (nSPS) is 11.1. The molecule has 102 valence electrons. The van der Waals surface area contributed by atoms with E-state index in [1.165, 1.54) is 17.8 Å². The molecule has 3 aromatic rings. The number of nitrogens with zero attached hydrogens (tertiary/aromatic N) is 1. The van der Waals surface area contributed by atoms with Crippen molar-refractivity contribution in [3.05, 3.63) is 52.8 Å². The number of thioether (sulfide) groups is 1. The fraction of sp³-hybridized carbons (Fsp3) is 0.0714. The van der Waals surface area contributed by atoms with Gasteiger partial charge in [0.2, 0.25) is 0 Å². The van der Waals surface area contributed by atoms with Crippen LogP contribution < -0.4 is 5.73 Å². The monoisotopic (exact) mass is 308 g/mol. The quantitative estimate of drug-likeness (QED) is 0.572. The molecule has 3 nitrogen and oxygen atoms in total. The second kappa shape index (κ2) is 5.34. The van der Waals surface area contributed by atoms with Crippen molar-refractivity contribution >= 4 is 40.1 Å². The third-order valence-electron chi connectivity index (χ3n) is 2.76. The van der Waals surface area contributed by atoms with Crippen LogP contribution in [-0.2, 0) is 5.75 Å². The molecule has 6 heteroatoms. The summed E-state index contributed by atoms with van der Waals surface area (Å²) in [6.45, 7) is 0. The third kappa shape index (κ3) is 2.73. The summed E-state index contributed by atoms with van der Waals surface area (Å²) in [7, 11) is 0. The number of nitrogens with two attached hydrogens (primary N) is 1. The van der Waals surface area contributed by atoms with E-state index in [4.69, 9.17) is 21.8 Å². The minimum atomic E-state index is -0.328. The smallest absolute Gasteiger partial charge is 0.257 e. The van der Waals surface area contributed by atoms with Crippen LogP contribution >= 0.6 is 23.4 Å². The van der Waals surface area contributed by atoms with Gasteiger partial charge in [-0.05, 0) is 35.9 Å². The number of hydrogen-bond acceptors (Lipinski definition) is 4. The van der Waals surface area contributed by atoms with Gasteiger partial charge in [-0.25, -0.2) is 9.37 Å². The molecule has 0 saturated heterocycles. The summed E-state index contributed by atoms with van der Waals surface area (Å²) in [5.74, 6) is 0.0936. The van der Waals surface area contributed by atoms with Crippen molar-refractivity contribution in [3.63, 3.8) is 0 Å². The predicted molar refractivity (Wildman–Crippen MR) is 79.4 cm³/mol. The molecule has 0 radical (unpaired) electrons. The van der Waals surface area contributed by atoms with Gasteiger partial charge in [-0.2, -0.15) is 0 Å². The fourth-order valence-electron chi connectivity index (χ4n) is 1.76. The van der Waals surface area contributed by atoms with Crippen molar-refractivity contribution in [2.24, 2.45) is 0 Å². The Bertz CT molecular complexity index is 775. The van der Waals surface area contributed by atoms with Crippen LogP contribution in [0.15, 0.2) is 46.0 Å². The van der Waals surface area contributed by atoms with Gasteiger partial charge in [-0.3, -0.25) is 0 Å². The van der Waals surface area contributed by atoms with E-state index in [1.54, 1.807) is 30.3 Å². The van der Waals surface area contributed by atoms with Crippen LogP contribution in [0.2, 0.25) is 5.02 Å². The van der Waals surface area contributed by atoms with Crippen LogP contribution in [0, 0.1) is 5.82 Å². The van der Waals surface area contributed by atoms with Crippen molar-refractivity contribution in [3.8, 4) is 0 Å². The summed E-state index contributed by atoms with van der Waals surface area (Å²) in [4.78, 5) is 4.30. The van der Waals surface area contributed by atoms with Gasteiger partial charge in [0.25, 0.3) is 5.22 Å². The van der Waals surface area contributed by atoms with E-state index in [9.17, 15) is 4.39 Å². The lowest BCUT2D eigenvalue weighted by Gasteiger charge is -2.00. The molecule has 1 heterocycles. The Balaban J connectivity index is 1.79. The highest BCUT2D eigenvalue weighted by molar-refractivity contribution is 7.98. The molecule has 0 amide bonds. The van der Waals surface area contributed by atoms with Crippen molar-refractivity contribution < 1.29 is 8.81 Å². The van der Waals surface area contributed by atoms with Crippen LogP contribution in [0.5, 0.6) is 0 Å². The van der Waals surface area contributed by atoms with Crippen molar-refractivity contribution in [2.75, 3.05) is 5.73 Å². The Labute approximate surface area is 123 Å². The molecular weight excluding hydrogens is 299 g/mol. The highest BCUT2D eigenvalue weighted by atomic mass is 35.5. The number of fused-ring (bicyclic) bond motifs is 1. The molecule has 0 aliphatic rings. The van der Waals surface area contributed by atoms with E-state index in [0.717, 1.165) is 0 Å². The summed E-state index contributed by atoms with van der Waals surface area (Å²) >= 11 is 7.04. The summed E-state index contributed by atoms with van der Waals surface area (Å²) < 4.78 is 19.2. The number of hydrogen-bond donors (Lipinski definition) is 1. The predicted octanol–water partition coefficient (Wildman–Crippen LogP) is 4.49. The van der Waals surface area contributed by atoms with E-state index < -0.39 is 0 Å². The molecule has 0 spiro atoms. The van der Waals surface area contributed by atoms with Gasteiger partial charge in [0.1, 0.15) is 11.3 Å². The number of rotatable bonds is 3. The molecule has 0 atom stereocenters. The van der Waals surface area contributed by atoms with Crippen molar-refractivity contribution in [1.82, 2.24) is 4.98 Å². The lowest BCUT2D eigenvalue weighted by Crippen LogP contribution is -1.87. The van der Waals surface area contributed by atoms with Crippen molar-refractivity contribution in [1.29, 1.82) is 0 Å². The van der Waals surface area contributed by atoms with Gasteiger partial charge < -0.3 is 10.2 Å². The molecule has 0 saturated carbocycles. The Morgan fingerprint density at radius 3 is 2.90 bits per heavy atom. The Hall–Kier alpha value is -1.72. The number of halogens is 2. The molecule has 20 heavy (non-hydrogen) atoms. The molecule has 2 aromatic carbocycles.